The van der Waals surface area contributed by atoms with Crippen molar-refractivity contribution in [2.45, 2.75) is 25.0 Å². The number of benzene rings is 1. The lowest BCUT2D eigenvalue weighted by Gasteiger charge is -2.24. The standard InChI is InChI=1S/C10H8F7NO/c11-6-2-1-3-7(5(6)4-18)19-8(9(12,13)14)10(15,16)17/h1-3,8H,4,18H2. The predicted octanol–water partition coefficient (Wildman–Crippen LogP) is 3.16. The SMILES string of the molecule is NCc1c(F)cccc1OC(C(F)(F)F)C(F)(F)F. The summed E-state index contributed by atoms with van der Waals surface area (Å²) in [5.74, 6) is -1.93. The third kappa shape index (κ3) is 3.72. The van der Waals surface area contributed by atoms with Gasteiger partial charge in [-0.25, -0.2) is 4.39 Å². The van der Waals surface area contributed by atoms with Crippen LogP contribution >= 0.6 is 0 Å². The van der Waals surface area contributed by atoms with Crippen LogP contribution in [0, 0.1) is 5.82 Å². The van der Waals surface area contributed by atoms with E-state index >= 15 is 0 Å². The van der Waals surface area contributed by atoms with Gasteiger partial charge in [0.2, 0.25) is 0 Å². The molecule has 0 radical (unpaired) electrons. The van der Waals surface area contributed by atoms with E-state index in [1.54, 1.807) is 0 Å². The fourth-order valence-corrected chi connectivity index (χ4v) is 1.29. The van der Waals surface area contributed by atoms with Gasteiger partial charge in [0, 0.05) is 12.1 Å². The maximum atomic E-state index is 13.2. The molecule has 0 bridgehead atoms. The number of hydrogen-bond donors (Lipinski definition) is 1. The Balaban J connectivity index is 3.15. The minimum Gasteiger partial charge on any atom is -0.471 e. The fraction of sp³-hybridized carbons (Fsp3) is 0.400. The molecule has 2 nitrogen and oxygen atoms in total. The summed E-state index contributed by atoms with van der Waals surface area (Å²) in [6, 6.07) is 2.56. The molecular weight excluding hydrogens is 283 g/mol. The zero-order chi connectivity index (χ0) is 14.8. The third-order valence-corrected chi connectivity index (χ3v) is 2.12. The number of halogens is 7. The van der Waals surface area contributed by atoms with Gasteiger partial charge in [0.25, 0.3) is 6.10 Å². The zero-order valence-electron chi connectivity index (χ0n) is 9.15. The van der Waals surface area contributed by atoms with Gasteiger partial charge in [0.1, 0.15) is 11.6 Å². The van der Waals surface area contributed by atoms with E-state index in [4.69, 9.17) is 5.73 Å². The summed E-state index contributed by atoms with van der Waals surface area (Å²) in [6.45, 7) is -0.593. The van der Waals surface area contributed by atoms with Crippen LogP contribution in [-0.2, 0) is 6.54 Å². The van der Waals surface area contributed by atoms with E-state index in [0.29, 0.717) is 0 Å². The Hall–Kier alpha value is -1.51. The molecule has 0 atom stereocenters. The van der Waals surface area contributed by atoms with Gasteiger partial charge in [0.05, 0.1) is 0 Å². The van der Waals surface area contributed by atoms with Gasteiger partial charge in [-0.3, -0.25) is 0 Å². The summed E-state index contributed by atoms with van der Waals surface area (Å²) in [4.78, 5) is 0. The van der Waals surface area contributed by atoms with E-state index in [0.717, 1.165) is 18.2 Å². The first kappa shape index (κ1) is 15.5. The van der Waals surface area contributed by atoms with Gasteiger partial charge in [-0.15, -0.1) is 0 Å². The van der Waals surface area contributed by atoms with E-state index in [1.807, 2.05) is 0 Å². The Bertz CT molecular complexity index is 426. The van der Waals surface area contributed by atoms with Gasteiger partial charge < -0.3 is 10.5 Å². The van der Waals surface area contributed by atoms with Crippen molar-refractivity contribution in [3.8, 4) is 5.75 Å². The second-order valence-corrected chi connectivity index (χ2v) is 3.50. The lowest BCUT2D eigenvalue weighted by Crippen LogP contribution is -2.46. The van der Waals surface area contributed by atoms with Crippen LogP contribution < -0.4 is 10.5 Å². The lowest BCUT2D eigenvalue weighted by atomic mass is 10.2. The molecule has 0 aliphatic rings. The first-order valence-electron chi connectivity index (χ1n) is 4.85. The first-order chi connectivity index (χ1) is 8.57. The quantitative estimate of drug-likeness (QED) is 0.868. The van der Waals surface area contributed by atoms with E-state index in [9.17, 15) is 30.7 Å². The van der Waals surface area contributed by atoms with Crippen LogP contribution in [0.15, 0.2) is 18.2 Å². The van der Waals surface area contributed by atoms with Crippen LogP contribution in [0.2, 0.25) is 0 Å². The van der Waals surface area contributed by atoms with Gasteiger partial charge in [-0.2, -0.15) is 26.3 Å². The van der Waals surface area contributed by atoms with E-state index in [2.05, 4.69) is 4.74 Å². The smallest absolute Gasteiger partial charge is 0.434 e. The average molecular weight is 291 g/mol. The van der Waals surface area contributed by atoms with Crippen LogP contribution in [0.25, 0.3) is 0 Å². The summed E-state index contributed by atoms with van der Waals surface area (Å²) in [6.07, 6.45) is -15.4. The molecule has 0 spiro atoms. The number of ether oxygens (including phenoxy) is 1. The summed E-state index contributed by atoms with van der Waals surface area (Å²) in [7, 11) is 0. The zero-order valence-corrected chi connectivity index (χ0v) is 9.15. The van der Waals surface area contributed by atoms with E-state index in [-0.39, 0.29) is 0 Å². The highest BCUT2D eigenvalue weighted by molar-refractivity contribution is 5.34. The maximum Gasteiger partial charge on any atom is 0.434 e. The molecule has 0 unspecified atom stereocenters. The summed E-state index contributed by atoms with van der Waals surface area (Å²) in [5.41, 5.74) is 4.51. The molecule has 0 saturated heterocycles. The Morgan fingerprint density at radius 2 is 1.58 bits per heavy atom. The van der Waals surface area contributed by atoms with Gasteiger partial charge in [0.15, 0.2) is 0 Å². The molecule has 2 N–H and O–H groups in total. The molecule has 0 heterocycles. The predicted molar refractivity (Wildman–Crippen MR) is 50.8 cm³/mol. The van der Waals surface area contributed by atoms with Crippen molar-refractivity contribution in [3.63, 3.8) is 0 Å². The molecule has 0 amide bonds. The molecule has 0 aliphatic heterocycles. The monoisotopic (exact) mass is 291 g/mol. The van der Waals surface area contributed by atoms with Crippen LogP contribution in [0.5, 0.6) is 5.75 Å². The van der Waals surface area contributed by atoms with E-state index < -0.39 is 42.1 Å². The van der Waals surface area contributed by atoms with Gasteiger partial charge in [-0.05, 0) is 12.1 Å². The third-order valence-electron chi connectivity index (χ3n) is 2.12. The summed E-state index contributed by atoms with van der Waals surface area (Å²) >= 11 is 0. The Morgan fingerprint density at radius 3 is 2.00 bits per heavy atom. The molecule has 1 aromatic rings. The van der Waals surface area contributed by atoms with Crippen molar-refractivity contribution >= 4 is 0 Å². The molecule has 0 aromatic heterocycles. The van der Waals surface area contributed by atoms with Gasteiger partial charge in [-0.1, -0.05) is 6.07 Å². The molecule has 0 aliphatic carbocycles. The molecule has 0 saturated carbocycles. The Labute approximate surface area is 103 Å². The Morgan fingerprint density at radius 1 is 1.05 bits per heavy atom. The maximum absolute atomic E-state index is 13.2. The molecule has 0 fully saturated rings. The normalized spacial score (nSPS) is 12.9. The largest absolute Gasteiger partial charge is 0.471 e. The number of rotatable bonds is 3. The second-order valence-electron chi connectivity index (χ2n) is 3.50. The molecule has 1 rings (SSSR count). The second kappa shape index (κ2) is 5.24. The van der Waals surface area contributed by atoms with Crippen LogP contribution in [-0.4, -0.2) is 18.5 Å². The van der Waals surface area contributed by atoms with Crippen molar-refractivity contribution in [1.29, 1.82) is 0 Å². The van der Waals surface area contributed by atoms with E-state index in [1.165, 1.54) is 0 Å². The fourth-order valence-electron chi connectivity index (χ4n) is 1.29. The first-order valence-corrected chi connectivity index (χ1v) is 4.85. The number of hydrogen-bond acceptors (Lipinski definition) is 2. The van der Waals surface area contributed by atoms with Crippen molar-refractivity contribution < 1.29 is 35.5 Å². The highest BCUT2D eigenvalue weighted by Crippen LogP contribution is 2.37. The van der Waals surface area contributed by atoms with Crippen LogP contribution in [0.4, 0.5) is 30.7 Å². The van der Waals surface area contributed by atoms with Crippen molar-refractivity contribution in [2.75, 3.05) is 0 Å². The minimum atomic E-state index is -5.67. The average Bonchev–Trinajstić information content (AvgIpc) is 2.22. The topological polar surface area (TPSA) is 35.2 Å². The highest BCUT2D eigenvalue weighted by Gasteiger charge is 2.59. The highest BCUT2D eigenvalue weighted by atomic mass is 19.4. The van der Waals surface area contributed by atoms with Crippen molar-refractivity contribution in [3.05, 3.63) is 29.6 Å². The number of nitrogens with two attached hydrogens (primary N) is 1. The molecule has 108 valence electrons. The number of alkyl halides is 6. The van der Waals surface area contributed by atoms with Crippen molar-refractivity contribution in [2.24, 2.45) is 5.73 Å². The molecule has 19 heavy (non-hydrogen) atoms. The van der Waals surface area contributed by atoms with Crippen molar-refractivity contribution in [1.82, 2.24) is 0 Å². The molecular formula is C10H8F7NO. The molecule has 9 heteroatoms. The Kier molecular flexibility index (Phi) is 4.28. The minimum absolute atomic E-state index is 0.555. The summed E-state index contributed by atoms with van der Waals surface area (Å²) < 4.78 is 90.7. The molecule has 1 aromatic carbocycles. The van der Waals surface area contributed by atoms with Gasteiger partial charge >= 0.3 is 12.4 Å². The van der Waals surface area contributed by atoms with Crippen LogP contribution in [0.3, 0.4) is 0 Å². The summed E-state index contributed by atoms with van der Waals surface area (Å²) in [5, 5.41) is 0. The lowest BCUT2D eigenvalue weighted by molar-refractivity contribution is -0.300. The van der Waals surface area contributed by atoms with Crippen LogP contribution in [0.1, 0.15) is 5.56 Å².